The van der Waals surface area contributed by atoms with E-state index in [1.165, 1.54) is 23.5 Å². The molecule has 140 valence electrons. The molecule has 2 heterocycles. The van der Waals surface area contributed by atoms with Crippen LogP contribution in [0.25, 0.3) is 20.9 Å². The first kappa shape index (κ1) is 18.1. The second-order valence-electron chi connectivity index (χ2n) is 6.10. The van der Waals surface area contributed by atoms with Crippen molar-refractivity contribution in [2.75, 3.05) is 5.32 Å². The maximum absolute atomic E-state index is 13.7. The molecule has 0 fully saturated rings. The molecule has 1 atom stereocenters. The number of nitrogens with one attached hydrogen (secondary N) is 1. The van der Waals surface area contributed by atoms with E-state index in [2.05, 4.69) is 15.3 Å². The largest absolute Gasteiger partial charge is 0.478 e. The van der Waals surface area contributed by atoms with Crippen molar-refractivity contribution in [1.82, 2.24) is 9.97 Å². The summed E-state index contributed by atoms with van der Waals surface area (Å²) in [6.45, 7) is 1.57. The molecule has 4 aromatic rings. The van der Waals surface area contributed by atoms with Crippen molar-refractivity contribution in [2.45, 2.75) is 13.0 Å². The van der Waals surface area contributed by atoms with Crippen LogP contribution in [-0.4, -0.2) is 22.0 Å². The quantitative estimate of drug-likeness (QED) is 0.524. The molecule has 0 radical (unpaired) electrons. The van der Waals surface area contributed by atoms with Crippen molar-refractivity contribution in [3.05, 3.63) is 72.7 Å². The van der Waals surface area contributed by atoms with E-state index in [-0.39, 0.29) is 11.7 Å². The molecule has 1 N–H and O–H groups in total. The minimum Gasteiger partial charge on any atom is -0.478 e. The van der Waals surface area contributed by atoms with Crippen molar-refractivity contribution in [1.29, 1.82) is 0 Å². The average molecular weight is 393 g/mol. The number of hydrogen-bond acceptors (Lipinski definition) is 5. The zero-order chi connectivity index (χ0) is 19.5. The topological polar surface area (TPSA) is 64.1 Å². The summed E-state index contributed by atoms with van der Waals surface area (Å²) >= 11 is 1.51. The molecule has 1 unspecified atom stereocenters. The summed E-state index contributed by atoms with van der Waals surface area (Å²) in [6.07, 6.45) is 0.903. The van der Waals surface area contributed by atoms with Crippen LogP contribution < -0.4 is 10.1 Å². The molecule has 4 rings (SSSR count). The normalized spacial score (nSPS) is 11.9. The Bertz CT molecular complexity index is 1090. The number of thiazole rings is 1. The summed E-state index contributed by atoms with van der Waals surface area (Å²) in [4.78, 5) is 22.1. The second kappa shape index (κ2) is 7.74. The summed E-state index contributed by atoms with van der Waals surface area (Å²) < 4.78 is 19.1. The predicted octanol–water partition coefficient (Wildman–Crippen LogP) is 4.90. The van der Waals surface area contributed by atoms with Gasteiger partial charge in [-0.15, -0.1) is 0 Å². The maximum Gasteiger partial charge on any atom is 0.265 e. The van der Waals surface area contributed by atoms with Gasteiger partial charge in [-0.2, -0.15) is 0 Å². The Morgan fingerprint density at radius 3 is 2.64 bits per heavy atom. The van der Waals surface area contributed by atoms with E-state index in [0.717, 1.165) is 20.9 Å². The molecular formula is C21H16FN3O2S. The Morgan fingerprint density at radius 2 is 1.89 bits per heavy atom. The standard InChI is InChI=1S/C21H16FN3O2S/c1-13(27-18-7-3-2-5-16(18)22)19(26)24-15-10-8-14(9-11-15)20-25-17-6-4-12-23-21(17)28-20/h2-13H,1H3,(H,24,26). The van der Waals surface area contributed by atoms with Crippen LogP contribution in [0.2, 0.25) is 0 Å². The zero-order valence-electron chi connectivity index (χ0n) is 14.9. The smallest absolute Gasteiger partial charge is 0.265 e. The van der Waals surface area contributed by atoms with E-state index in [9.17, 15) is 9.18 Å². The Labute approximate surface area is 164 Å². The number of anilines is 1. The van der Waals surface area contributed by atoms with Crippen LogP contribution in [0.3, 0.4) is 0 Å². The van der Waals surface area contributed by atoms with Gasteiger partial charge in [-0.1, -0.05) is 23.5 Å². The predicted molar refractivity (Wildman–Crippen MR) is 108 cm³/mol. The Hall–Kier alpha value is -3.32. The lowest BCUT2D eigenvalue weighted by Crippen LogP contribution is -2.30. The van der Waals surface area contributed by atoms with Crippen molar-refractivity contribution >= 4 is 33.3 Å². The highest BCUT2D eigenvalue weighted by molar-refractivity contribution is 7.21. The van der Waals surface area contributed by atoms with Crippen LogP contribution in [-0.2, 0) is 4.79 Å². The lowest BCUT2D eigenvalue weighted by molar-refractivity contribution is -0.122. The van der Waals surface area contributed by atoms with E-state index in [1.54, 1.807) is 37.4 Å². The van der Waals surface area contributed by atoms with E-state index in [0.29, 0.717) is 5.69 Å². The second-order valence-corrected chi connectivity index (χ2v) is 7.08. The van der Waals surface area contributed by atoms with Crippen LogP contribution in [0.5, 0.6) is 5.75 Å². The van der Waals surface area contributed by atoms with Gasteiger partial charge < -0.3 is 10.1 Å². The molecule has 0 saturated carbocycles. The number of amides is 1. The van der Waals surface area contributed by atoms with Gasteiger partial charge >= 0.3 is 0 Å². The fourth-order valence-electron chi connectivity index (χ4n) is 2.62. The molecule has 28 heavy (non-hydrogen) atoms. The molecule has 0 aliphatic carbocycles. The minimum atomic E-state index is -0.841. The number of pyridine rings is 1. The van der Waals surface area contributed by atoms with Crippen molar-refractivity contribution < 1.29 is 13.9 Å². The number of carbonyl (C=O) groups is 1. The summed E-state index contributed by atoms with van der Waals surface area (Å²) in [5, 5.41) is 3.63. The van der Waals surface area contributed by atoms with Gasteiger partial charge in [0.25, 0.3) is 5.91 Å². The molecule has 0 saturated heterocycles. The van der Waals surface area contributed by atoms with E-state index in [4.69, 9.17) is 4.74 Å². The summed E-state index contributed by atoms with van der Waals surface area (Å²) in [7, 11) is 0. The lowest BCUT2D eigenvalue weighted by Gasteiger charge is -2.15. The van der Waals surface area contributed by atoms with Crippen molar-refractivity contribution in [3.8, 4) is 16.3 Å². The van der Waals surface area contributed by atoms with Crippen molar-refractivity contribution in [2.24, 2.45) is 0 Å². The summed E-state index contributed by atoms with van der Waals surface area (Å²) in [5.41, 5.74) is 2.42. The first-order chi connectivity index (χ1) is 13.6. The fraction of sp³-hybridized carbons (Fsp3) is 0.0952. The third-order valence-corrected chi connectivity index (χ3v) is 5.10. The number of hydrogen-bond donors (Lipinski definition) is 1. The van der Waals surface area contributed by atoms with Gasteiger partial charge in [-0.3, -0.25) is 4.79 Å². The molecule has 2 aromatic carbocycles. The molecule has 2 aromatic heterocycles. The number of aromatic nitrogens is 2. The highest BCUT2D eigenvalue weighted by Gasteiger charge is 2.17. The third kappa shape index (κ3) is 3.84. The van der Waals surface area contributed by atoms with Crippen LogP contribution in [0.15, 0.2) is 66.9 Å². The molecule has 7 heteroatoms. The van der Waals surface area contributed by atoms with Gasteiger partial charge in [0, 0.05) is 17.4 Å². The lowest BCUT2D eigenvalue weighted by atomic mass is 10.2. The molecule has 1 amide bonds. The van der Waals surface area contributed by atoms with E-state index < -0.39 is 11.9 Å². The number of nitrogens with zero attached hydrogens (tertiary/aromatic N) is 2. The monoisotopic (exact) mass is 393 g/mol. The zero-order valence-corrected chi connectivity index (χ0v) is 15.7. The molecule has 0 bridgehead atoms. The number of benzene rings is 2. The molecule has 5 nitrogen and oxygen atoms in total. The van der Waals surface area contributed by atoms with Crippen LogP contribution in [0.1, 0.15) is 6.92 Å². The number of halogens is 1. The Balaban J connectivity index is 1.43. The SMILES string of the molecule is CC(Oc1ccccc1F)C(=O)Nc1ccc(-c2nc3cccnc3s2)cc1. The molecular weight excluding hydrogens is 377 g/mol. The van der Waals surface area contributed by atoms with Gasteiger partial charge in [0.15, 0.2) is 17.7 Å². The number of ether oxygens (including phenoxy) is 1. The summed E-state index contributed by atoms with van der Waals surface area (Å²) in [5.74, 6) is -0.818. The van der Waals surface area contributed by atoms with E-state index in [1.807, 2.05) is 24.3 Å². The molecule has 0 aliphatic heterocycles. The van der Waals surface area contributed by atoms with Gasteiger partial charge in [0.05, 0.1) is 0 Å². The van der Waals surface area contributed by atoms with Gasteiger partial charge in [-0.05, 0) is 55.5 Å². The van der Waals surface area contributed by atoms with Crippen LogP contribution >= 0.6 is 11.3 Å². The highest BCUT2D eigenvalue weighted by atomic mass is 32.1. The first-order valence-corrected chi connectivity index (χ1v) is 9.46. The van der Waals surface area contributed by atoms with Gasteiger partial charge in [0.2, 0.25) is 0 Å². The van der Waals surface area contributed by atoms with Crippen LogP contribution in [0.4, 0.5) is 10.1 Å². The first-order valence-electron chi connectivity index (χ1n) is 8.64. The average Bonchev–Trinajstić information content (AvgIpc) is 3.14. The highest BCUT2D eigenvalue weighted by Crippen LogP contribution is 2.29. The Morgan fingerprint density at radius 1 is 1.11 bits per heavy atom. The van der Waals surface area contributed by atoms with Crippen molar-refractivity contribution in [3.63, 3.8) is 0 Å². The van der Waals surface area contributed by atoms with Crippen LogP contribution in [0, 0.1) is 5.82 Å². The number of rotatable bonds is 5. The number of para-hydroxylation sites is 1. The fourth-order valence-corrected chi connectivity index (χ4v) is 3.53. The third-order valence-electron chi connectivity index (χ3n) is 4.08. The van der Waals surface area contributed by atoms with Gasteiger partial charge in [-0.25, -0.2) is 14.4 Å². The maximum atomic E-state index is 13.7. The van der Waals surface area contributed by atoms with Gasteiger partial charge in [0.1, 0.15) is 15.4 Å². The minimum absolute atomic E-state index is 0.0462. The van der Waals surface area contributed by atoms with E-state index >= 15 is 0 Å². The summed E-state index contributed by atoms with van der Waals surface area (Å²) in [6, 6.07) is 17.1. The number of carbonyl (C=O) groups excluding carboxylic acids is 1. The Kier molecular flexibility index (Phi) is 4.99. The molecule has 0 spiro atoms. The molecule has 0 aliphatic rings. The number of fused-ring (bicyclic) bond motifs is 1.